The number of anilines is 1. The molecular formula is C18H23N3O. The van der Waals surface area contributed by atoms with Gasteiger partial charge < -0.3 is 10.2 Å². The second-order valence-electron chi connectivity index (χ2n) is 6.16. The Hall–Kier alpha value is -2.10. The molecule has 0 bridgehead atoms. The molecule has 0 radical (unpaired) electrons. The van der Waals surface area contributed by atoms with Crippen molar-refractivity contribution >= 4 is 17.4 Å². The Morgan fingerprint density at radius 2 is 2.09 bits per heavy atom. The van der Waals surface area contributed by atoms with Crippen LogP contribution in [0, 0.1) is 6.92 Å². The fraction of sp³-hybridized carbons (Fsp3) is 0.444. The Labute approximate surface area is 131 Å². The fourth-order valence-corrected chi connectivity index (χ4v) is 3.12. The molecule has 1 heterocycles. The van der Waals surface area contributed by atoms with Gasteiger partial charge in [0.1, 0.15) is 5.84 Å². The van der Waals surface area contributed by atoms with Gasteiger partial charge in [-0.15, -0.1) is 0 Å². The van der Waals surface area contributed by atoms with Crippen molar-refractivity contribution in [2.75, 3.05) is 18.9 Å². The predicted octanol–water partition coefficient (Wildman–Crippen LogP) is 3.50. The summed E-state index contributed by atoms with van der Waals surface area (Å²) in [6.07, 6.45) is 4.94. The summed E-state index contributed by atoms with van der Waals surface area (Å²) in [6, 6.07) is 7.90. The van der Waals surface area contributed by atoms with E-state index in [2.05, 4.69) is 17.3 Å². The van der Waals surface area contributed by atoms with Crippen molar-refractivity contribution in [3.63, 3.8) is 0 Å². The maximum Gasteiger partial charge on any atom is 0.253 e. The summed E-state index contributed by atoms with van der Waals surface area (Å²) >= 11 is 0. The topological polar surface area (TPSA) is 44.7 Å². The number of benzene rings is 1. The molecule has 1 fully saturated rings. The molecule has 0 atom stereocenters. The van der Waals surface area contributed by atoms with Crippen LogP contribution in [0.4, 0.5) is 5.69 Å². The van der Waals surface area contributed by atoms with Crippen LogP contribution in [0.1, 0.15) is 37.7 Å². The van der Waals surface area contributed by atoms with Gasteiger partial charge in [0.15, 0.2) is 0 Å². The van der Waals surface area contributed by atoms with E-state index in [9.17, 15) is 4.79 Å². The summed E-state index contributed by atoms with van der Waals surface area (Å²) < 4.78 is 0. The zero-order valence-electron chi connectivity index (χ0n) is 13.4. The fourth-order valence-electron chi connectivity index (χ4n) is 3.12. The summed E-state index contributed by atoms with van der Waals surface area (Å²) in [4.78, 5) is 19.5. The van der Waals surface area contributed by atoms with E-state index in [4.69, 9.17) is 4.99 Å². The summed E-state index contributed by atoms with van der Waals surface area (Å²) in [5.74, 6) is 1.13. The van der Waals surface area contributed by atoms with Gasteiger partial charge in [0.25, 0.3) is 5.91 Å². The second-order valence-corrected chi connectivity index (χ2v) is 6.16. The van der Waals surface area contributed by atoms with E-state index in [1.54, 1.807) is 0 Å². The molecular weight excluding hydrogens is 274 g/mol. The van der Waals surface area contributed by atoms with Gasteiger partial charge in [-0.2, -0.15) is 0 Å². The van der Waals surface area contributed by atoms with Crippen LogP contribution in [0.2, 0.25) is 0 Å². The van der Waals surface area contributed by atoms with Gasteiger partial charge in [0, 0.05) is 31.3 Å². The lowest BCUT2D eigenvalue weighted by atomic mass is 10.2. The average molecular weight is 297 g/mol. The molecule has 1 aromatic carbocycles. The van der Waals surface area contributed by atoms with Gasteiger partial charge in [-0.3, -0.25) is 4.79 Å². The van der Waals surface area contributed by atoms with Crippen LogP contribution in [0.3, 0.4) is 0 Å². The number of likely N-dealkylation sites (tertiary alicyclic amines) is 1. The third-order valence-corrected chi connectivity index (χ3v) is 4.34. The lowest BCUT2D eigenvalue weighted by molar-refractivity contribution is -0.113. The number of amides is 1. The molecule has 1 N–H and O–H groups in total. The van der Waals surface area contributed by atoms with Crippen LogP contribution >= 0.6 is 0 Å². The third-order valence-electron chi connectivity index (χ3n) is 4.34. The van der Waals surface area contributed by atoms with Crippen molar-refractivity contribution in [2.45, 2.75) is 39.0 Å². The zero-order valence-corrected chi connectivity index (χ0v) is 13.4. The number of hydrogen-bond acceptors (Lipinski definition) is 2. The maximum atomic E-state index is 12.5. The number of amidine groups is 1. The highest BCUT2D eigenvalue weighted by Gasteiger charge is 2.23. The molecule has 3 rings (SSSR count). The van der Waals surface area contributed by atoms with Crippen LogP contribution in [0.25, 0.3) is 0 Å². The molecule has 1 aliphatic carbocycles. The molecule has 0 spiro atoms. The summed E-state index contributed by atoms with van der Waals surface area (Å²) in [6.45, 7) is 3.09. The van der Waals surface area contributed by atoms with Crippen LogP contribution in [-0.4, -0.2) is 30.2 Å². The Bertz CT molecular complexity index is 645. The Morgan fingerprint density at radius 3 is 2.82 bits per heavy atom. The minimum absolute atomic E-state index is 0.00287. The molecule has 0 unspecified atom stereocenters. The lowest BCUT2D eigenvalue weighted by Crippen LogP contribution is -2.19. The highest BCUT2D eigenvalue weighted by atomic mass is 16.1. The minimum Gasteiger partial charge on any atom is -0.363 e. The second kappa shape index (κ2) is 6.34. The molecule has 1 saturated heterocycles. The summed E-state index contributed by atoms with van der Waals surface area (Å²) in [5, 5.41) is 3.01. The standard InChI is InChI=1S/C18H23N3O/c1-13-6-3-7-14(12-13)19-18(22)15-8-4-9-16(15)20-17-10-5-11-21(17)2/h3,6-7,12H,4-5,8-11H2,1-2H3,(H,19,22). The van der Waals surface area contributed by atoms with Crippen molar-refractivity contribution in [1.29, 1.82) is 0 Å². The lowest BCUT2D eigenvalue weighted by Gasteiger charge is -2.12. The normalized spacial score (nSPS) is 20.1. The first-order valence-corrected chi connectivity index (χ1v) is 8.02. The Balaban J connectivity index is 1.79. The molecule has 1 aromatic rings. The van der Waals surface area contributed by atoms with Crippen molar-refractivity contribution in [3.05, 3.63) is 41.1 Å². The Kier molecular flexibility index (Phi) is 4.27. The van der Waals surface area contributed by atoms with Crippen molar-refractivity contribution in [3.8, 4) is 0 Å². The first kappa shape index (κ1) is 14.8. The largest absolute Gasteiger partial charge is 0.363 e. The quantitative estimate of drug-likeness (QED) is 0.928. The number of aliphatic imine (C=N–C) groups is 1. The van der Waals surface area contributed by atoms with Crippen LogP contribution in [0.5, 0.6) is 0 Å². The first-order chi connectivity index (χ1) is 10.6. The molecule has 2 aliphatic rings. The molecule has 116 valence electrons. The van der Waals surface area contributed by atoms with E-state index in [1.165, 1.54) is 0 Å². The maximum absolute atomic E-state index is 12.5. The highest BCUT2D eigenvalue weighted by molar-refractivity contribution is 6.05. The van der Waals surface area contributed by atoms with Crippen LogP contribution in [-0.2, 0) is 4.79 Å². The van der Waals surface area contributed by atoms with Crippen molar-refractivity contribution in [2.24, 2.45) is 4.99 Å². The number of allylic oxidation sites excluding steroid dienone is 1. The molecule has 22 heavy (non-hydrogen) atoms. The van der Waals surface area contributed by atoms with Gasteiger partial charge in [-0.05, 0) is 50.3 Å². The van der Waals surface area contributed by atoms with E-state index in [0.717, 1.165) is 67.0 Å². The number of hydrogen-bond donors (Lipinski definition) is 1. The minimum atomic E-state index is 0.00287. The van der Waals surface area contributed by atoms with Crippen LogP contribution in [0.15, 0.2) is 40.5 Å². The van der Waals surface area contributed by atoms with Gasteiger partial charge in [0.2, 0.25) is 0 Å². The number of aryl methyl sites for hydroxylation is 1. The number of carbonyl (C=O) groups excluding carboxylic acids is 1. The van der Waals surface area contributed by atoms with Gasteiger partial charge >= 0.3 is 0 Å². The Morgan fingerprint density at radius 1 is 1.23 bits per heavy atom. The molecule has 1 amide bonds. The van der Waals surface area contributed by atoms with E-state index >= 15 is 0 Å². The monoisotopic (exact) mass is 297 g/mol. The van der Waals surface area contributed by atoms with Gasteiger partial charge in [0.05, 0.1) is 5.70 Å². The smallest absolute Gasteiger partial charge is 0.253 e. The number of carbonyl (C=O) groups is 1. The summed E-state index contributed by atoms with van der Waals surface area (Å²) in [5.41, 5.74) is 3.84. The van der Waals surface area contributed by atoms with Crippen LogP contribution < -0.4 is 5.32 Å². The average Bonchev–Trinajstić information content (AvgIpc) is 3.09. The molecule has 4 heteroatoms. The highest BCUT2D eigenvalue weighted by Crippen LogP contribution is 2.29. The summed E-state index contributed by atoms with van der Waals surface area (Å²) in [7, 11) is 2.08. The first-order valence-electron chi connectivity index (χ1n) is 8.02. The molecule has 1 aliphatic heterocycles. The molecule has 4 nitrogen and oxygen atoms in total. The van der Waals surface area contributed by atoms with E-state index in [0.29, 0.717) is 0 Å². The third kappa shape index (κ3) is 3.21. The van der Waals surface area contributed by atoms with E-state index in [-0.39, 0.29) is 5.91 Å². The van der Waals surface area contributed by atoms with E-state index < -0.39 is 0 Å². The number of rotatable bonds is 3. The van der Waals surface area contributed by atoms with Gasteiger partial charge in [-0.1, -0.05) is 12.1 Å². The molecule has 0 aromatic heterocycles. The van der Waals surface area contributed by atoms with Crippen molar-refractivity contribution in [1.82, 2.24) is 4.90 Å². The van der Waals surface area contributed by atoms with E-state index in [1.807, 2.05) is 31.2 Å². The predicted molar refractivity (Wildman–Crippen MR) is 90.0 cm³/mol. The molecule has 0 saturated carbocycles. The van der Waals surface area contributed by atoms with Gasteiger partial charge in [-0.25, -0.2) is 4.99 Å². The number of nitrogens with zero attached hydrogens (tertiary/aromatic N) is 2. The SMILES string of the molecule is Cc1cccc(NC(=O)C2=C(N=C3CCCN3C)CCC2)c1. The zero-order chi connectivity index (χ0) is 15.5. The number of nitrogens with one attached hydrogen (secondary N) is 1. The van der Waals surface area contributed by atoms with Crippen molar-refractivity contribution < 1.29 is 4.79 Å².